The van der Waals surface area contributed by atoms with Crippen LogP contribution in [-0.4, -0.2) is 18.7 Å². The van der Waals surface area contributed by atoms with E-state index in [0.29, 0.717) is 5.92 Å². The Morgan fingerprint density at radius 1 is 1.37 bits per heavy atom. The predicted molar refractivity (Wildman–Crippen MR) is 69.4 cm³/mol. The number of rotatable bonds is 4. The number of halogens is 1. The lowest BCUT2D eigenvalue weighted by atomic mass is 9.89. The van der Waals surface area contributed by atoms with Crippen molar-refractivity contribution in [1.29, 1.82) is 0 Å². The number of hydrogen-bond acceptors (Lipinski definition) is 3. The monoisotopic (exact) mass is 266 g/mol. The zero-order chi connectivity index (χ0) is 13.7. The summed E-state index contributed by atoms with van der Waals surface area (Å²) in [5, 5.41) is 0. The summed E-state index contributed by atoms with van der Waals surface area (Å²) in [7, 11) is 0. The zero-order valence-corrected chi connectivity index (χ0v) is 11.1. The van der Waals surface area contributed by atoms with Crippen LogP contribution in [0.4, 0.5) is 4.39 Å². The van der Waals surface area contributed by atoms with Gasteiger partial charge in [0.25, 0.3) is 0 Å². The molecule has 0 N–H and O–H groups in total. The van der Waals surface area contributed by atoms with Gasteiger partial charge in [-0.1, -0.05) is 25.5 Å². The maximum atomic E-state index is 13.3. The highest BCUT2D eigenvalue weighted by Gasteiger charge is 2.22. The minimum Gasteiger partial charge on any atom is -0.479 e. The average Bonchev–Trinajstić information content (AvgIpc) is 2.38. The first-order chi connectivity index (χ1) is 9.15. The number of esters is 1. The van der Waals surface area contributed by atoms with Crippen molar-refractivity contribution in [3.63, 3.8) is 0 Å². The van der Waals surface area contributed by atoms with E-state index in [1.165, 1.54) is 18.6 Å². The molecular formula is C15H19FO3. The number of carbonyl (C=O) groups is 1. The summed E-state index contributed by atoms with van der Waals surface area (Å²) in [5.74, 6) is -0.223. The van der Waals surface area contributed by atoms with E-state index < -0.39 is 11.8 Å². The Morgan fingerprint density at radius 3 is 2.89 bits per heavy atom. The van der Waals surface area contributed by atoms with E-state index in [-0.39, 0.29) is 18.5 Å². The van der Waals surface area contributed by atoms with Gasteiger partial charge >= 0.3 is 5.97 Å². The van der Waals surface area contributed by atoms with Crippen molar-refractivity contribution in [3.05, 3.63) is 30.1 Å². The molecule has 3 nitrogen and oxygen atoms in total. The molecule has 0 saturated heterocycles. The van der Waals surface area contributed by atoms with Crippen LogP contribution < -0.4 is 4.74 Å². The molecule has 1 aliphatic carbocycles. The fourth-order valence-electron chi connectivity index (χ4n) is 2.40. The maximum Gasteiger partial charge on any atom is 0.344 e. The predicted octanol–water partition coefficient (Wildman–Crippen LogP) is 3.33. The Bertz CT molecular complexity index is 433. The highest BCUT2D eigenvalue weighted by Crippen LogP contribution is 2.25. The quantitative estimate of drug-likeness (QED) is 0.784. The van der Waals surface area contributed by atoms with Crippen molar-refractivity contribution in [3.8, 4) is 5.75 Å². The summed E-state index contributed by atoms with van der Waals surface area (Å²) >= 11 is 0. The third-order valence-corrected chi connectivity index (χ3v) is 3.37. The number of ether oxygens (including phenoxy) is 2. The number of hydrogen-bond donors (Lipinski definition) is 0. The molecule has 1 aromatic rings. The van der Waals surface area contributed by atoms with Crippen LogP contribution in [0.1, 0.15) is 32.6 Å². The van der Waals surface area contributed by atoms with Gasteiger partial charge in [0.05, 0.1) is 0 Å². The summed E-state index contributed by atoms with van der Waals surface area (Å²) in [6.45, 7) is 1.92. The van der Waals surface area contributed by atoms with Crippen LogP contribution in [0.5, 0.6) is 5.75 Å². The third kappa shape index (κ3) is 4.23. The molecule has 4 heteroatoms. The van der Waals surface area contributed by atoms with Gasteiger partial charge in [0.2, 0.25) is 0 Å². The van der Waals surface area contributed by atoms with Crippen LogP contribution in [0.15, 0.2) is 24.3 Å². The lowest BCUT2D eigenvalue weighted by Gasteiger charge is -2.26. The molecule has 0 amide bonds. The van der Waals surface area contributed by atoms with E-state index >= 15 is 0 Å². The van der Waals surface area contributed by atoms with E-state index in [1.807, 2.05) is 0 Å². The van der Waals surface area contributed by atoms with Crippen LogP contribution in [-0.2, 0) is 9.53 Å². The molecule has 0 bridgehead atoms. The Balaban J connectivity index is 1.77. The van der Waals surface area contributed by atoms with E-state index in [9.17, 15) is 9.18 Å². The Morgan fingerprint density at radius 2 is 2.16 bits per heavy atom. The molecule has 0 spiro atoms. The molecule has 19 heavy (non-hydrogen) atoms. The second-order valence-electron chi connectivity index (χ2n) is 5.10. The van der Waals surface area contributed by atoms with Crippen LogP contribution in [0.3, 0.4) is 0 Å². The molecule has 1 saturated carbocycles. The summed E-state index contributed by atoms with van der Waals surface area (Å²) < 4.78 is 23.7. The number of para-hydroxylation sites is 1. The fraction of sp³-hybridized carbons (Fsp3) is 0.533. The number of benzene rings is 1. The molecule has 0 radical (unpaired) electrons. The molecule has 104 valence electrons. The molecule has 2 atom stereocenters. The first kappa shape index (κ1) is 13.8. The lowest BCUT2D eigenvalue weighted by Crippen LogP contribution is -2.27. The van der Waals surface area contributed by atoms with Gasteiger partial charge in [0, 0.05) is 0 Å². The largest absolute Gasteiger partial charge is 0.479 e. The lowest BCUT2D eigenvalue weighted by molar-refractivity contribution is -0.153. The van der Waals surface area contributed by atoms with Gasteiger partial charge in [-0.15, -0.1) is 0 Å². The maximum absolute atomic E-state index is 13.3. The Hall–Kier alpha value is -1.58. The van der Waals surface area contributed by atoms with Crippen molar-refractivity contribution in [2.75, 3.05) is 6.61 Å². The van der Waals surface area contributed by atoms with Gasteiger partial charge < -0.3 is 9.47 Å². The van der Waals surface area contributed by atoms with Crippen LogP contribution in [0.2, 0.25) is 0 Å². The molecule has 0 heterocycles. The Labute approximate surface area is 112 Å². The van der Waals surface area contributed by atoms with Crippen molar-refractivity contribution in [2.24, 2.45) is 5.92 Å². The SMILES string of the molecule is CC1CCCC(OC(=O)COc2ccccc2F)C1. The van der Waals surface area contributed by atoms with Crippen LogP contribution in [0, 0.1) is 11.7 Å². The summed E-state index contributed by atoms with van der Waals surface area (Å²) in [5.41, 5.74) is 0. The normalized spacial score (nSPS) is 22.8. The molecule has 2 unspecified atom stereocenters. The topological polar surface area (TPSA) is 35.5 Å². The van der Waals surface area contributed by atoms with Crippen molar-refractivity contribution >= 4 is 5.97 Å². The molecule has 1 aromatic carbocycles. The second-order valence-corrected chi connectivity index (χ2v) is 5.10. The van der Waals surface area contributed by atoms with Crippen molar-refractivity contribution in [1.82, 2.24) is 0 Å². The first-order valence-corrected chi connectivity index (χ1v) is 6.72. The Kier molecular flexibility index (Phi) is 4.77. The smallest absolute Gasteiger partial charge is 0.344 e. The van der Waals surface area contributed by atoms with Gasteiger partial charge in [0.15, 0.2) is 18.2 Å². The zero-order valence-electron chi connectivity index (χ0n) is 11.1. The van der Waals surface area contributed by atoms with Gasteiger partial charge in [-0.3, -0.25) is 0 Å². The van der Waals surface area contributed by atoms with Crippen molar-refractivity contribution in [2.45, 2.75) is 38.7 Å². The van der Waals surface area contributed by atoms with E-state index in [0.717, 1.165) is 19.3 Å². The number of carbonyl (C=O) groups excluding carboxylic acids is 1. The minimum atomic E-state index is -0.471. The molecular weight excluding hydrogens is 247 g/mol. The van der Waals surface area contributed by atoms with Crippen molar-refractivity contribution < 1.29 is 18.7 Å². The standard InChI is InChI=1S/C15H19FO3/c1-11-5-4-6-12(9-11)19-15(17)10-18-14-8-3-2-7-13(14)16/h2-3,7-8,11-12H,4-6,9-10H2,1H3. The van der Waals surface area contributed by atoms with Gasteiger partial charge in [-0.05, 0) is 37.3 Å². The summed E-state index contributed by atoms with van der Waals surface area (Å²) in [6.07, 6.45) is 4.09. The third-order valence-electron chi connectivity index (χ3n) is 3.37. The highest BCUT2D eigenvalue weighted by atomic mass is 19.1. The second kappa shape index (κ2) is 6.55. The molecule has 1 aliphatic rings. The van der Waals surface area contributed by atoms with Crippen LogP contribution in [0.25, 0.3) is 0 Å². The van der Waals surface area contributed by atoms with E-state index in [1.54, 1.807) is 12.1 Å². The minimum absolute atomic E-state index is 0.0135. The molecule has 0 aromatic heterocycles. The van der Waals surface area contributed by atoms with Gasteiger partial charge in [-0.25, -0.2) is 9.18 Å². The van der Waals surface area contributed by atoms with Crippen LogP contribution >= 0.6 is 0 Å². The molecule has 0 aliphatic heterocycles. The van der Waals surface area contributed by atoms with E-state index in [4.69, 9.17) is 9.47 Å². The fourth-order valence-corrected chi connectivity index (χ4v) is 2.40. The molecule has 2 rings (SSSR count). The van der Waals surface area contributed by atoms with E-state index in [2.05, 4.69) is 6.92 Å². The van der Waals surface area contributed by atoms with Gasteiger partial charge in [0.1, 0.15) is 6.10 Å². The molecule has 1 fully saturated rings. The summed E-state index contributed by atoms with van der Waals surface area (Å²) in [6, 6.07) is 6.02. The van der Waals surface area contributed by atoms with Gasteiger partial charge in [-0.2, -0.15) is 0 Å². The average molecular weight is 266 g/mol. The first-order valence-electron chi connectivity index (χ1n) is 6.72. The highest BCUT2D eigenvalue weighted by molar-refractivity contribution is 5.71. The summed E-state index contributed by atoms with van der Waals surface area (Å²) in [4.78, 5) is 11.6.